The lowest BCUT2D eigenvalue weighted by atomic mass is 10.1. The van der Waals surface area contributed by atoms with Crippen LogP contribution in [-0.4, -0.2) is 42.9 Å². The Kier molecular flexibility index (Phi) is 9.88. The van der Waals surface area contributed by atoms with E-state index in [9.17, 15) is 9.59 Å². The average Bonchev–Trinajstić information content (AvgIpc) is 2.33. The molecule has 1 atom stereocenters. The van der Waals surface area contributed by atoms with Crippen LogP contribution < -0.4 is 10.6 Å². The first-order valence-corrected chi connectivity index (χ1v) is 6.82. The van der Waals surface area contributed by atoms with Crippen LogP contribution in [0.2, 0.25) is 0 Å². The van der Waals surface area contributed by atoms with Gasteiger partial charge in [-0.3, -0.25) is 0 Å². The topological polar surface area (TPSA) is 87.7 Å². The van der Waals surface area contributed by atoms with Gasteiger partial charge in [0.25, 0.3) is 0 Å². The van der Waals surface area contributed by atoms with Crippen molar-refractivity contribution in [3.05, 3.63) is 0 Å². The SMILES string of the molecule is CCCC[C@H](NC(=O)NCCOCC(C)C)C(=O)O. The maximum absolute atomic E-state index is 11.5. The van der Waals surface area contributed by atoms with Crippen LogP contribution >= 0.6 is 0 Å². The molecule has 3 N–H and O–H groups in total. The smallest absolute Gasteiger partial charge is 0.326 e. The number of urea groups is 1. The summed E-state index contributed by atoms with van der Waals surface area (Å²) in [5.41, 5.74) is 0. The number of ether oxygens (including phenoxy) is 1. The molecule has 0 spiro atoms. The monoisotopic (exact) mass is 274 g/mol. The number of nitrogens with one attached hydrogen (secondary N) is 2. The third-order valence-electron chi connectivity index (χ3n) is 2.43. The first kappa shape index (κ1) is 17.7. The van der Waals surface area contributed by atoms with E-state index in [0.717, 1.165) is 12.8 Å². The molecule has 0 rings (SSSR count). The molecule has 0 aromatic rings. The zero-order valence-electron chi connectivity index (χ0n) is 12.1. The number of carbonyl (C=O) groups is 2. The van der Waals surface area contributed by atoms with E-state index in [1.54, 1.807) is 0 Å². The minimum absolute atomic E-state index is 0.374. The molecular weight excluding hydrogens is 248 g/mol. The number of amides is 2. The van der Waals surface area contributed by atoms with Crippen molar-refractivity contribution in [1.82, 2.24) is 10.6 Å². The first-order chi connectivity index (χ1) is 8.97. The van der Waals surface area contributed by atoms with Gasteiger partial charge < -0.3 is 20.5 Å². The van der Waals surface area contributed by atoms with E-state index in [0.29, 0.717) is 32.1 Å². The van der Waals surface area contributed by atoms with Gasteiger partial charge in [-0.25, -0.2) is 9.59 Å². The maximum Gasteiger partial charge on any atom is 0.326 e. The highest BCUT2D eigenvalue weighted by Crippen LogP contribution is 2.00. The van der Waals surface area contributed by atoms with Crippen molar-refractivity contribution in [3.63, 3.8) is 0 Å². The number of hydrogen-bond donors (Lipinski definition) is 3. The van der Waals surface area contributed by atoms with E-state index in [1.165, 1.54) is 0 Å². The lowest BCUT2D eigenvalue weighted by Gasteiger charge is -2.15. The molecule has 0 aliphatic carbocycles. The molecule has 0 saturated carbocycles. The van der Waals surface area contributed by atoms with Crippen molar-refractivity contribution >= 4 is 12.0 Å². The summed E-state index contributed by atoms with van der Waals surface area (Å²) in [4.78, 5) is 22.4. The van der Waals surface area contributed by atoms with Crippen molar-refractivity contribution in [1.29, 1.82) is 0 Å². The molecule has 2 amide bonds. The number of aliphatic carboxylic acids is 1. The second-order valence-electron chi connectivity index (χ2n) is 4.90. The zero-order valence-corrected chi connectivity index (χ0v) is 12.1. The molecule has 0 unspecified atom stereocenters. The highest BCUT2D eigenvalue weighted by Gasteiger charge is 2.18. The minimum atomic E-state index is -1.00. The predicted octanol–water partition coefficient (Wildman–Crippen LogP) is 1.60. The molecule has 0 aliphatic rings. The Morgan fingerprint density at radius 3 is 2.53 bits per heavy atom. The van der Waals surface area contributed by atoms with E-state index >= 15 is 0 Å². The molecule has 6 nitrogen and oxygen atoms in total. The molecule has 0 saturated heterocycles. The number of unbranched alkanes of at least 4 members (excludes halogenated alkanes) is 1. The van der Waals surface area contributed by atoms with Gasteiger partial charge in [-0.2, -0.15) is 0 Å². The third-order valence-corrected chi connectivity index (χ3v) is 2.43. The first-order valence-electron chi connectivity index (χ1n) is 6.82. The number of carboxylic acids is 1. The molecule has 0 aliphatic heterocycles. The second kappa shape index (κ2) is 10.6. The Morgan fingerprint density at radius 1 is 1.32 bits per heavy atom. The number of hydrogen-bond acceptors (Lipinski definition) is 3. The summed E-state index contributed by atoms with van der Waals surface area (Å²) in [6.07, 6.45) is 2.12. The molecule has 0 heterocycles. The van der Waals surface area contributed by atoms with Gasteiger partial charge in [0.2, 0.25) is 0 Å². The number of rotatable bonds is 10. The van der Waals surface area contributed by atoms with Crippen LogP contribution in [0.5, 0.6) is 0 Å². The molecule has 112 valence electrons. The molecule has 0 radical (unpaired) electrons. The molecule has 0 fully saturated rings. The normalized spacial score (nSPS) is 12.2. The molecule has 0 aromatic heterocycles. The second-order valence-corrected chi connectivity index (χ2v) is 4.90. The van der Waals surface area contributed by atoms with E-state index in [4.69, 9.17) is 9.84 Å². The predicted molar refractivity (Wildman–Crippen MR) is 73.1 cm³/mol. The van der Waals surface area contributed by atoms with Gasteiger partial charge in [0.15, 0.2) is 0 Å². The van der Waals surface area contributed by atoms with Gasteiger partial charge in [0.05, 0.1) is 6.61 Å². The van der Waals surface area contributed by atoms with Crippen LogP contribution in [0, 0.1) is 5.92 Å². The van der Waals surface area contributed by atoms with Crippen molar-refractivity contribution in [2.75, 3.05) is 19.8 Å². The standard InChI is InChI=1S/C13H26N2O4/c1-4-5-6-11(12(16)17)15-13(18)14-7-8-19-9-10(2)3/h10-11H,4-9H2,1-3H3,(H,16,17)(H2,14,15,18)/t11-/m0/s1. The van der Waals surface area contributed by atoms with Gasteiger partial charge in [0, 0.05) is 13.2 Å². The fourth-order valence-corrected chi connectivity index (χ4v) is 1.43. The zero-order chi connectivity index (χ0) is 14.7. The van der Waals surface area contributed by atoms with Crippen molar-refractivity contribution in [2.24, 2.45) is 5.92 Å². The van der Waals surface area contributed by atoms with Crippen molar-refractivity contribution in [3.8, 4) is 0 Å². The van der Waals surface area contributed by atoms with Gasteiger partial charge in [-0.1, -0.05) is 33.6 Å². The van der Waals surface area contributed by atoms with Crippen molar-refractivity contribution in [2.45, 2.75) is 46.1 Å². The Labute approximate surface area is 114 Å². The van der Waals surface area contributed by atoms with E-state index in [1.807, 2.05) is 20.8 Å². The summed E-state index contributed by atoms with van der Waals surface area (Å²) < 4.78 is 5.30. The summed E-state index contributed by atoms with van der Waals surface area (Å²) in [5, 5.41) is 14.0. The Hall–Kier alpha value is -1.30. The summed E-state index contributed by atoms with van der Waals surface area (Å²) >= 11 is 0. The molecular formula is C13H26N2O4. The summed E-state index contributed by atoms with van der Waals surface area (Å²) in [6, 6.07) is -1.28. The van der Waals surface area contributed by atoms with Crippen LogP contribution in [0.3, 0.4) is 0 Å². The Balaban J connectivity index is 3.77. The average molecular weight is 274 g/mol. The molecule has 19 heavy (non-hydrogen) atoms. The largest absolute Gasteiger partial charge is 0.480 e. The van der Waals surface area contributed by atoms with Gasteiger partial charge in [-0.15, -0.1) is 0 Å². The van der Waals surface area contributed by atoms with Crippen LogP contribution in [-0.2, 0) is 9.53 Å². The van der Waals surface area contributed by atoms with Crippen LogP contribution in [0.15, 0.2) is 0 Å². The summed E-state index contributed by atoms with van der Waals surface area (Å²) in [7, 11) is 0. The van der Waals surface area contributed by atoms with Crippen LogP contribution in [0.4, 0.5) is 4.79 Å². The minimum Gasteiger partial charge on any atom is -0.480 e. The highest BCUT2D eigenvalue weighted by molar-refractivity contribution is 5.82. The number of carboxylic acid groups (broad SMARTS) is 1. The lowest BCUT2D eigenvalue weighted by molar-refractivity contribution is -0.139. The Morgan fingerprint density at radius 2 is 2.00 bits per heavy atom. The third kappa shape index (κ3) is 10.3. The fraction of sp³-hybridized carbons (Fsp3) is 0.846. The number of carbonyl (C=O) groups excluding carboxylic acids is 1. The molecule has 0 bridgehead atoms. The highest BCUT2D eigenvalue weighted by atomic mass is 16.5. The maximum atomic E-state index is 11.5. The van der Waals surface area contributed by atoms with Crippen LogP contribution in [0.1, 0.15) is 40.0 Å². The van der Waals surface area contributed by atoms with E-state index in [2.05, 4.69) is 10.6 Å². The van der Waals surface area contributed by atoms with Gasteiger partial charge in [0.1, 0.15) is 6.04 Å². The van der Waals surface area contributed by atoms with E-state index in [-0.39, 0.29) is 0 Å². The van der Waals surface area contributed by atoms with Gasteiger partial charge >= 0.3 is 12.0 Å². The quantitative estimate of drug-likeness (QED) is 0.528. The lowest BCUT2D eigenvalue weighted by Crippen LogP contribution is -2.46. The van der Waals surface area contributed by atoms with E-state index < -0.39 is 18.0 Å². The summed E-state index contributed by atoms with van der Waals surface area (Å²) in [5.74, 6) is -0.543. The van der Waals surface area contributed by atoms with Crippen LogP contribution in [0.25, 0.3) is 0 Å². The Bertz CT molecular complexity index is 269. The van der Waals surface area contributed by atoms with Gasteiger partial charge in [-0.05, 0) is 12.3 Å². The summed E-state index contributed by atoms with van der Waals surface area (Å²) in [6.45, 7) is 7.52. The molecule has 6 heteroatoms. The fourth-order valence-electron chi connectivity index (χ4n) is 1.43. The molecule has 0 aromatic carbocycles. The van der Waals surface area contributed by atoms with Crippen molar-refractivity contribution < 1.29 is 19.4 Å².